The summed E-state index contributed by atoms with van der Waals surface area (Å²) in [7, 11) is 1.47. The fourth-order valence-corrected chi connectivity index (χ4v) is 4.68. The highest BCUT2D eigenvalue weighted by Gasteiger charge is 2.00. The number of methoxy groups -OCH3 is 1. The van der Waals surface area contributed by atoms with Gasteiger partial charge in [0, 0.05) is 6.42 Å². The van der Waals surface area contributed by atoms with Gasteiger partial charge in [-0.15, -0.1) is 0 Å². The van der Waals surface area contributed by atoms with Crippen LogP contribution in [0.5, 0.6) is 0 Å². The third kappa shape index (κ3) is 9.33. The summed E-state index contributed by atoms with van der Waals surface area (Å²) in [6, 6.07) is 20.0. The normalized spacial score (nSPS) is 11.6. The number of fused-ring (bicyclic) bond motifs is 2. The first-order valence-electron chi connectivity index (χ1n) is 13.4. The van der Waals surface area contributed by atoms with Crippen molar-refractivity contribution in [3.8, 4) is 0 Å². The molecule has 0 aliphatic heterocycles. The van der Waals surface area contributed by atoms with Crippen molar-refractivity contribution in [1.29, 1.82) is 0 Å². The minimum atomic E-state index is -0.0742. The van der Waals surface area contributed by atoms with Gasteiger partial charge in [0.2, 0.25) is 0 Å². The van der Waals surface area contributed by atoms with Gasteiger partial charge < -0.3 is 4.74 Å². The quantitative estimate of drug-likeness (QED) is 0.121. The Balaban J connectivity index is 1.19. The van der Waals surface area contributed by atoms with E-state index in [9.17, 15) is 4.79 Å². The van der Waals surface area contributed by atoms with Crippen LogP contribution < -0.4 is 0 Å². The summed E-state index contributed by atoms with van der Waals surface area (Å²) in [6.45, 7) is 0. The highest BCUT2D eigenvalue weighted by Crippen LogP contribution is 2.24. The fourth-order valence-electron chi connectivity index (χ4n) is 4.68. The third-order valence-electron chi connectivity index (χ3n) is 6.77. The summed E-state index contributed by atoms with van der Waals surface area (Å²) < 4.78 is 4.67. The van der Waals surface area contributed by atoms with Crippen molar-refractivity contribution in [1.82, 2.24) is 0 Å². The van der Waals surface area contributed by atoms with Crippen LogP contribution in [0.25, 0.3) is 27.6 Å². The second-order valence-corrected chi connectivity index (χ2v) is 9.57. The monoisotopic (exact) mass is 458 g/mol. The lowest BCUT2D eigenvalue weighted by Gasteiger charge is -2.04. The van der Waals surface area contributed by atoms with E-state index in [2.05, 4.69) is 71.5 Å². The van der Waals surface area contributed by atoms with Crippen LogP contribution in [-0.2, 0) is 9.53 Å². The molecule has 2 heteroatoms. The molecule has 0 amide bonds. The van der Waals surface area contributed by atoms with Crippen molar-refractivity contribution >= 4 is 33.6 Å². The molecule has 0 bridgehead atoms. The first-order chi connectivity index (χ1) is 16.8. The first-order valence-corrected chi connectivity index (χ1v) is 13.4. The Morgan fingerprint density at radius 1 is 0.647 bits per heavy atom. The van der Waals surface area contributed by atoms with Crippen LogP contribution in [0.3, 0.4) is 0 Å². The van der Waals surface area contributed by atoms with E-state index in [0.29, 0.717) is 6.42 Å². The third-order valence-corrected chi connectivity index (χ3v) is 6.77. The molecule has 0 aliphatic rings. The molecule has 34 heavy (non-hydrogen) atoms. The molecular formula is C32H42O2. The topological polar surface area (TPSA) is 26.3 Å². The van der Waals surface area contributed by atoms with E-state index in [0.717, 1.165) is 12.8 Å². The standard InChI is InChI=1S/C32H42O2/c1-34-32(33)21-15-13-11-9-7-5-3-2-4-6-8-10-12-14-18-27-22-23-30-25-28-19-16-17-20-29(28)26-31(30)24-27/h14,16-20,22-26H,2-13,15,21H2,1H3/b18-14+. The maximum atomic E-state index is 11.1. The van der Waals surface area contributed by atoms with Gasteiger partial charge >= 0.3 is 5.97 Å². The van der Waals surface area contributed by atoms with Crippen LogP contribution in [0.2, 0.25) is 0 Å². The first kappa shape index (κ1) is 26.0. The van der Waals surface area contributed by atoms with Crippen LogP contribution in [0.15, 0.2) is 60.7 Å². The predicted octanol–water partition coefficient (Wildman–Crippen LogP) is 9.64. The van der Waals surface area contributed by atoms with Crippen LogP contribution in [0.1, 0.15) is 95.5 Å². The van der Waals surface area contributed by atoms with Crippen molar-refractivity contribution in [2.75, 3.05) is 7.11 Å². The number of hydrogen-bond donors (Lipinski definition) is 0. The molecule has 2 nitrogen and oxygen atoms in total. The van der Waals surface area contributed by atoms with Gasteiger partial charge in [-0.3, -0.25) is 4.79 Å². The Bertz CT molecular complexity index is 1030. The maximum Gasteiger partial charge on any atom is 0.305 e. The number of carbonyl (C=O) groups excluding carboxylic acids is 1. The summed E-state index contributed by atoms with van der Waals surface area (Å²) in [5, 5.41) is 5.25. The van der Waals surface area contributed by atoms with Crippen molar-refractivity contribution in [2.45, 2.75) is 89.9 Å². The number of ether oxygens (including phenoxy) is 1. The zero-order valence-electron chi connectivity index (χ0n) is 21.1. The average molecular weight is 459 g/mol. The molecule has 0 heterocycles. The van der Waals surface area contributed by atoms with Crippen LogP contribution in [0.4, 0.5) is 0 Å². The van der Waals surface area contributed by atoms with Crippen molar-refractivity contribution in [3.05, 3.63) is 66.2 Å². The number of benzene rings is 3. The zero-order chi connectivity index (χ0) is 23.8. The number of allylic oxidation sites excluding steroid dienone is 1. The number of esters is 1. The molecule has 0 aromatic heterocycles. The highest BCUT2D eigenvalue weighted by atomic mass is 16.5. The summed E-state index contributed by atoms with van der Waals surface area (Å²) >= 11 is 0. The zero-order valence-corrected chi connectivity index (χ0v) is 21.1. The number of rotatable bonds is 16. The average Bonchev–Trinajstić information content (AvgIpc) is 2.86. The van der Waals surface area contributed by atoms with Gasteiger partial charge in [-0.1, -0.05) is 113 Å². The largest absolute Gasteiger partial charge is 0.469 e. The molecule has 0 unspecified atom stereocenters. The summed E-state index contributed by atoms with van der Waals surface area (Å²) in [5.74, 6) is -0.0742. The Labute approximate surface area is 206 Å². The Morgan fingerprint density at radius 3 is 1.79 bits per heavy atom. The van der Waals surface area contributed by atoms with Crippen molar-refractivity contribution < 1.29 is 9.53 Å². The van der Waals surface area contributed by atoms with Crippen LogP contribution in [0, 0.1) is 0 Å². The molecule has 3 aromatic rings. The van der Waals surface area contributed by atoms with Crippen LogP contribution in [-0.4, -0.2) is 13.1 Å². The Morgan fingerprint density at radius 2 is 1.18 bits per heavy atom. The molecule has 0 atom stereocenters. The number of hydrogen-bond acceptors (Lipinski definition) is 2. The van der Waals surface area contributed by atoms with Crippen molar-refractivity contribution in [3.63, 3.8) is 0 Å². The molecule has 0 saturated heterocycles. The number of carbonyl (C=O) groups is 1. The molecule has 0 spiro atoms. The molecular weight excluding hydrogens is 416 g/mol. The van der Waals surface area contributed by atoms with Gasteiger partial charge in [0.25, 0.3) is 0 Å². The molecule has 0 N–H and O–H groups in total. The molecule has 0 radical (unpaired) electrons. The van der Waals surface area contributed by atoms with Crippen molar-refractivity contribution in [2.24, 2.45) is 0 Å². The van der Waals surface area contributed by atoms with E-state index in [-0.39, 0.29) is 5.97 Å². The lowest BCUT2D eigenvalue weighted by Crippen LogP contribution is -1.99. The van der Waals surface area contributed by atoms with E-state index >= 15 is 0 Å². The molecule has 0 aliphatic carbocycles. The van der Waals surface area contributed by atoms with Gasteiger partial charge in [0.05, 0.1) is 7.11 Å². The SMILES string of the molecule is COC(=O)CCCCCCCCCCCCCC/C=C/c1ccc2cc3ccccc3cc2c1. The minimum absolute atomic E-state index is 0.0742. The predicted molar refractivity (Wildman–Crippen MR) is 147 cm³/mol. The highest BCUT2D eigenvalue weighted by molar-refractivity contribution is 5.98. The van der Waals surface area contributed by atoms with E-state index in [1.165, 1.54) is 105 Å². The fraction of sp³-hybridized carbons (Fsp3) is 0.469. The van der Waals surface area contributed by atoms with Gasteiger partial charge in [-0.2, -0.15) is 0 Å². The van der Waals surface area contributed by atoms with Gasteiger partial charge in [-0.25, -0.2) is 0 Å². The lowest BCUT2D eigenvalue weighted by molar-refractivity contribution is -0.140. The van der Waals surface area contributed by atoms with Gasteiger partial charge in [0.1, 0.15) is 0 Å². The van der Waals surface area contributed by atoms with E-state index in [1.54, 1.807) is 0 Å². The van der Waals surface area contributed by atoms with Gasteiger partial charge in [0.15, 0.2) is 0 Å². The molecule has 3 aromatic carbocycles. The summed E-state index contributed by atoms with van der Waals surface area (Å²) in [5.41, 5.74) is 1.30. The second-order valence-electron chi connectivity index (χ2n) is 9.57. The van der Waals surface area contributed by atoms with E-state index in [1.807, 2.05) is 0 Å². The summed E-state index contributed by atoms with van der Waals surface area (Å²) in [6.07, 6.45) is 21.9. The lowest BCUT2D eigenvalue weighted by atomic mass is 10.0. The molecule has 3 rings (SSSR count). The van der Waals surface area contributed by atoms with Gasteiger partial charge in [-0.05, 0) is 64.6 Å². The maximum absolute atomic E-state index is 11.1. The smallest absolute Gasteiger partial charge is 0.305 e. The minimum Gasteiger partial charge on any atom is -0.469 e. The Kier molecular flexibility index (Phi) is 11.7. The molecule has 0 fully saturated rings. The van der Waals surface area contributed by atoms with E-state index in [4.69, 9.17) is 0 Å². The number of unbranched alkanes of at least 4 members (excludes halogenated alkanes) is 12. The Hall–Kier alpha value is -2.61. The summed E-state index contributed by atoms with van der Waals surface area (Å²) in [4.78, 5) is 11.1. The molecule has 0 saturated carbocycles. The van der Waals surface area contributed by atoms with E-state index < -0.39 is 0 Å². The van der Waals surface area contributed by atoms with Crippen LogP contribution >= 0.6 is 0 Å². The second kappa shape index (κ2) is 15.3. The molecule has 182 valence electrons.